The highest BCUT2D eigenvalue weighted by Gasteiger charge is 2.36. The molecule has 0 spiro atoms. The van der Waals surface area contributed by atoms with Crippen LogP contribution >= 0.6 is 10.7 Å². The molecule has 144 valence electrons. The Morgan fingerprint density at radius 1 is 0.759 bits per heavy atom. The van der Waals surface area contributed by atoms with E-state index in [1.807, 2.05) is 0 Å². The van der Waals surface area contributed by atoms with Crippen molar-refractivity contribution >= 4 is 37.1 Å². The molecule has 0 amide bonds. The van der Waals surface area contributed by atoms with Crippen LogP contribution in [0.3, 0.4) is 0 Å². The van der Waals surface area contributed by atoms with Crippen molar-refractivity contribution < 1.29 is 22.8 Å². The molecular formula is C22H13ClO5S. The third kappa shape index (κ3) is 3.30. The van der Waals surface area contributed by atoms with Gasteiger partial charge >= 0.3 is 0 Å². The summed E-state index contributed by atoms with van der Waals surface area (Å²) in [5, 5.41) is 0. The maximum atomic E-state index is 13.2. The van der Waals surface area contributed by atoms with Crippen LogP contribution in [0.25, 0.3) is 0 Å². The molecule has 0 bridgehead atoms. The Kier molecular flexibility index (Phi) is 4.68. The van der Waals surface area contributed by atoms with Gasteiger partial charge in [0.15, 0.2) is 17.3 Å². The molecule has 0 saturated carbocycles. The van der Waals surface area contributed by atoms with Gasteiger partial charge < -0.3 is 0 Å². The lowest BCUT2D eigenvalue weighted by Crippen LogP contribution is -2.25. The van der Waals surface area contributed by atoms with Gasteiger partial charge in [-0.3, -0.25) is 14.4 Å². The number of halogens is 1. The zero-order valence-electron chi connectivity index (χ0n) is 14.9. The van der Waals surface area contributed by atoms with E-state index in [1.165, 1.54) is 18.2 Å². The van der Waals surface area contributed by atoms with Crippen LogP contribution in [-0.4, -0.2) is 25.8 Å². The van der Waals surface area contributed by atoms with Crippen molar-refractivity contribution in [2.45, 2.75) is 11.3 Å². The summed E-state index contributed by atoms with van der Waals surface area (Å²) in [6.07, 6.45) is -0.139. The Bertz CT molecular complexity index is 1290. The number of rotatable bonds is 4. The molecule has 0 atom stereocenters. The molecule has 5 nitrogen and oxygen atoms in total. The smallest absolute Gasteiger partial charge is 0.262 e. The Balaban J connectivity index is 1.97. The number of carbonyl (C=O) groups is 3. The average Bonchev–Trinajstić information content (AvgIpc) is 2.71. The van der Waals surface area contributed by atoms with Gasteiger partial charge in [0.05, 0.1) is 4.90 Å². The summed E-state index contributed by atoms with van der Waals surface area (Å²) in [7, 11) is 1.23. The second-order valence-corrected chi connectivity index (χ2v) is 9.12. The first kappa shape index (κ1) is 19.2. The van der Waals surface area contributed by atoms with Crippen molar-refractivity contribution in [2.24, 2.45) is 0 Å². The van der Waals surface area contributed by atoms with E-state index in [2.05, 4.69) is 0 Å². The molecule has 0 heterocycles. The van der Waals surface area contributed by atoms with Crippen molar-refractivity contribution in [3.05, 3.63) is 100 Å². The van der Waals surface area contributed by atoms with E-state index < -0.39 is 31.3 Å². The monoisotopic (exact) mass is 424 g/mol. The second kappa shape index (κ2) is 7.06. The highest BCUT2D eigenvalue weighted by Crippen LogP contribution is 2.34. The van der Waals surface area contributed by atoms with Crippen LogP contribution in [0, 0.1) is 0 Å². The van der Waals surface area contributed by atoms with Gasteiger partial charge in [0.1, 0.15) is 0 Å². The second-order valence-electron chi connectivity index (χ2n) is 6.59. The van der Waals surface area contributed by atoms with Gasteiger partial charge in [0, 0.05) is 44.9 Å². The lowest BCUT2D eigenvalue weighted by Gasteiger charge is -2.21. The fraction of sp³-hybridized carbons (Fsp3) is 0.0455. The summed E-state index contributed by atoms with van der Waals surface area (Å²) in [6.45, 7) is 0. The number of ketones is 3. The summed E-state index contributed by atoms with van der Waals surface area (Å²) in [5.41, 5.74) is 0.429. The quantitative estimate of drug-likeness (QED) is 0.367. The van der Waals surface area contributed by atoms with Crippen LogP contribution in [0.5, 0.6) is 0 Å². The molecule has 3 aromatic rings. The summed E-state index contributed by atoms with van der Waals surface area (Å²) in [4.78, 5) is 38.7. The maximum absolute atomic E-state index is 13.2. The minimum Gasteiger partial charge on any atom is -0.294 e. The Labute approximate surface area is 171 Å². The molecule has 0 fully saturated rings. The van der Waals surface area contributed by atoms with Crippen LogP contribution in [-0.2, 0) is 15.5 Å². The number of carbonyl (C=O) groups excluding carboxylic acids is 3. The third-order valence-electron chi connectivity index (χ3n) is 4.80. The van der Waals surface area contributed by atoms with Gasteiger partial charge in [-0.15, -0.1) is 0 Å². The minimum atomic E-state index is -4.33. The van der Waals surface area contributed by atoms with Gasteiger partial charge in [0.25, 0.3) is 9.05 Å². The van der Waals surface area contributed by atoms with E-state index in [1.54, 1.807) is 42.5 Å². The fourth-order valence-electron chi connectivity index (χ4n) is 3.52. The zero-order valence-corrected chi connectivity index (χ0v) is 16.5. The van der Waals surface area contributed by atoms with Crippen molar-refractivity contribution in [2.75, 3.05) is 0 Å². The van der Waals surface area contributed by atoms with Crippen molar-refractivity contribution in [3.63, 3.8) is 0 Å². The zero-order chi connectivity index (χ0) is 20.8. The van der Waals surface area contributed by atoms with E-state index >= 15 is 0 Å². The fourth-order valence-corrected chi connectivity index (χ4v) is 4.59. The standard InChI is InChI=1S/C22H13ClO5S/c23-29(27,28)18-11-10-16-19(20(18)17(24)12-13-6-2-1-3-7-13)22(26)15-9-5-4-8-14(15)21(16)25/h1-11H,12H2. The molecule has 0 saturated heterocycles. The van der Waals surface area contributed by atoms with E-state index in [0.29, 0.717) is 5.56 Å². The molecule has 29 heavy (non-hydrogen) atoms. The molecule has 7 heteroatoms. The van der Waals surface area contributed by atoms with Gasteiger partial charge in [0.2, 0.25) is 0 Å². The van der Waals surface area contributed by atoms with Crippen molar-refractivity contribution in [1.29, 1.82) is 0 Å². The predicted molar refractivity (Wildman–Crippen MR) is 107 cm³/mol. The molecule has 4 rings (SSSR count). The van der Waals surface area contributed by atoms with Gasteiger partial charge in [-0.2, -0.15) is 0 Å². The molecular weight excluding hydrogens is 412 g/mol. The molecule has 0 aliphatic heterocycles. The van der Waals surface area contributed by atoms with Gasteiger partial charge in [-0.25, -0.2) is 8.42 Å². The number of fused-ring (bicyclic) bond motifs is 2. The summed E-state index contributed by atoms with van der Waals surface area (Å²) >= 11 is 0. The molecule has 0 unspecified atom stereocenters. The maximum Gasteiger partial charge on any atom is 0.262 e. The first-order valence-electron chi connectivity index (χ1n) is 8.66. The van der Waals surface area contributed by atoms with Crippen LogP contribution in [0.1, 0.15) is 47.8 Å². The van der Waals surface area contributed by atoms with Crippen LogP contribution in [0.4, 0.5) is 0 Å². The average molecular weight is 425 g/mol. The van der Waals surface area contributed by atoms with E-state index in [0.717, 1.165) is 6.07 Å². The first-order chi connectivity index (χ1) is 13.8. The van der Waals surface area contributed by atoms with Crippen LogP contribution in [0.2, 0.25) is 0 Å². The molecule has 1 aliphatic rings. The van der Waals surface area contributed by atoms with Crippen molar-refractivity contribution in [1.82, 2.24) is 0 Å². The molecule has 0 radical (unpaired) electrons. The lowest BCUT2D eigenvalue weighted by atomic mass is 9.80. The van der Waals surface area contributed by atoms with Crippen LogP contribution < -0.4 is 0 Å². The molecule has 1 aliphatic carbocycles. The summed E-state index contributed by atoms with van der Waals surface area (Å²) in [6, 6.07) is 17.3. The van der Waals surface area contributed by atoms with E-state index in [4.69, 9.17) is 10.7 Å². The normalized spacial score (nSPS) is 13.0. The van der Waals surface area contributed by atoms with E-state index in [-0.39, 0.29) is 34.2 Å². The molecule has 0 aromatic heterocycles. The van der Waals surface area contributed by atoms with Gasteiger partial charge in [-0.1, -0.05) is 54.6 Å². The van der Waals surface area contributed by atoms with Crippen molar-refractivity contribution in [3.8, 4) is 0 Å². The predicted octanol–water partition coefficient (Wildman–Crippen LogP) is 3.81. The number of hydrogen-bond acceptors (Lipinski definition) is 5. The summed E-state index contributed by atoms with van der Waals surface area (Å²) < 4.78 is 24.3. The lowest BCUT2D eigenvalue weighted by molar-refractivity contribution is 0.0959. The Morgan fingerprint density at radius 3 is 1.97 bits per heavy atom. The minimum absolute atomic E-state index is 0.00539. The Hall–Kier alpha value is -3.09. The molecule has 3 aromatic carbocycles. The number of hydrogen-bond donors (Lipinski definition) is 0. The Morgan fingerprint density at radius 2 is 1.34 bits per heavy atom. The number of benzene rings is 3. The third-order valence-corrected chi connectivity index (χ3v) is 6.17. The first-order valence-corrected chi connectivity index (χ1v) is 11.0. The molecule has 0 N–H and O–H groups in total. The number of Topliss-reactive ketones (excluding diaryl/α,β-unsaturated/α-hetero) is 1. The largest absolute Gasteiger partial charge is 0.294 e. The SMILES string of the molecule is O=C1c2ccccc2C(=O)c2c1ccc(S(=O)(=O)Cl)c2C(=O)Cc1ccccc1. The highest BCUT2D eigenvalue weighted by molar-refractivity contribution is 8.13. The van der Waals surface area contributed by atoms with Gasteiger partial charge in [-0.05, 0) is 17.7 Å². The van der Waals surface area contributed by atoms with Crippen LogP contribution in [0.15, 0.2) is 71.6 Å². The summed E-state index contributed by atoms with van der Waals surface area (Å²) in [5.74, 6) is -1.62. The van der Waals surface area contributed by atoms with E-state index in [9.17, 15) is 22.8 Å². The topological polar surface area (TPSA) is 85.3 Å². The highest BCUT2D eigenvalue weighted by atomic mass is 35.7.